The Labute approximate surface area is 165 Å². The van der Waals surface area contributed by atoms with Crippen LogP contribution in [0.25, 0.3) is 0 Å². The predicted octanol–water partition coefficient (Wildman–Crippen LogP) is 1.73. The lowest BCUT2D eigenvalue weighted by molar-refractivity contribution is -0.274. The van der Waals surface area contributed by atoms with Crippen LogP contribution in [0.15, 0.2) is 24.3 Å². The SMILES string of the molecule is Cl.NC[C@H]1CC[C@@H](C(=O)NC2CCN(c3cccc(OC(F)(F)F)c3)C2=O)O1. The first-order chi connectivity index (χ1) is 12.8. The molecule has 0 aliphatic carbocycles. The van der Waals surface area contributed by atoms with E-state index in [4.69, 9.17) is 10.5 Å². The van der Waals surface area contributed by atoms with Gasteiger partial charge in [-0.15, -0.1) is 25.6 Å². The minimum atomic E-state index is -4.81. The summed E-state index contributed by atoms with van der Waals surface area (Å²) in [5, 5.41) is 2.66. The monoisotopic (exact) mass is 423 g/mol. The van der Waals surface area contributed by atoms with Gasteiger partial charge in [-0.25, -0.2) is 0 Å². The first-order valence-corrected chi connectivity index (χ1v) is 8.60. The quantitative estimate of drug-likeness (QED) is 0.752. The van der Waals surface area contributed by atoms with Crippen LogP contribution in [-0.4, -0.2) is 49.5 Å². The zero-order chi connectivity index (χ0) is 19.6. The van der Waals surface area contributed by atoms with Crippen molar-refractivity contribution in [2.75, 3.05) is 18.0 Å². The summed E-state index contributed by atoms with van der Waals surface area (Å²) in [5.74, 6) is -1.17. The number of halogens is 4. The van der Waals surface area contributed by atoms with Crippen molar-refractivity contribution in [2.24, 2.45) is 5.73 Å². The second kappa shape index (κ2) is 8.97. The number of hydrogen-bond acceptors (Lipinski definition) is 5. The largest absolute Gasteiger partial charge is 0.573 e. The molecule has 3 rings (SSSR count). The number of nitrogens with one attached hydrogen (secondary N) is 1. The third-order valence-corrected chi connectivity index (χ3v) is 4.55. The Balaban J connectivity index is 0.00000280. The molecular weight excluding hydrogens is 403 g/mol. The van der Waals surface area contributed by atoms with Crippen molar-refractivity contribution in [2.45, 2.75) is 43.9 Å². The Morgan fingerprint density at radius 2 is 2.07 bits per heavy atom. The van der Waals surface area contributed by atoms with Crippen molar-refractivity contribution in [3.63, 3.8) is 0 Å². The summed E-state index contributed by atoms with van der Waals surface area (Å²) in [7, 11) is 0. The number of ether oxygens (including phenoxy) is 2. The van der Waals surface area contributed by atoms with Gasteiger partial charge in [0.15, 0.2) is 0 Å². The number of anilines is 1. The lowest BCUT2D eigenvalue weighted by atomic mass is 10.1. The van der Waals surface area contributed by atoms with Crippen molar-refractivity contribution >= 4 is 29.9 Å². The fourth-order valence-electron chi connectivity index (χ4n) is 3.26. The van der Waals surface area contributed by atoms with Crippen LogP contribution >= 0.6 is 12.4 Å². The molecule has 0 saturated carbocycles. The molecule has 7 nitrogen and oxygen atoms in total. The zero-order valence-electron chi connectivity index (χ0n) is 14.8. The molecule has 2 fully saturated rings. The molecule has 1 aromatic carbocycles. The highest BCUT2D eigenvalue weighted by Gasteiger charge is 2.37. The molecule has 3 N–H and O–H groups in total. The van der Waals surface area contributed by atoms with Crippen molar-refractivity contribution in [3.05, 3.63) is 24.3 Å². The summed E-state index contributed by atoms with van der Waals surface area (Å²) in [6.45, 7) is 0.604. The van der Waals surface area contributed by atoms with Gasteiger partial charge in [-0.1, -0.05) is 6.07 Å². The average molecular weight is 424 g/mol. The summed E-state index contributed by atoms with van der Waals surface area (Å²) in [6.07, 6.45) is -4.04. The van der Waals surface area contributed by atoms with E-state index in [1.54, 1.807) is 0 Å². The van der Waals surface area contributed by atoms with Crippen LogP contribution in [0.1, 0.15) is 19.3 Å². The molecule has 0 aromatic heterocycles. The Morgan fingerprint density at radius 3 is 2.71 bits per heavy atom. The highest BCUT2D eigenvalue weighted by atomic mass is 35.5. The van der Waals surface area contributed by atoms with Gasteiger partial charge >= 0.3 is 6.36 Å². The van der Waals surface area contributed by atoms with E-state index in [9.17, 15) is 22.8 Å². The molecule has 1 unspecified atom stereocenters. The zero-order valence-corrected chi connectivity index (χ0v) is 15.6. The first kappa shape index (κ1) is 22.3. The molecule has 11 heteroatoms. The maximum Gasteiger partial charge on any atom is 0.573 e. The summed E-state index contributed by atoms with van der Waals surface area (Å²) < 4.78 is 46.5. The number of rotatable bonds is 5. The topological polar surface area (TPSA) is 93.9 Å². The number of alkyl halides is 3. The molecule has 0 radical (unpaired) electrons. The molecule has 0 spiro atoms. The number of nitrogens with two attached hydrogens (primary N) is 1. The normalized spacial score (nSPS) is 24.8. The van der Waals surface area contributed by atoms with Gasteiger partial charge in [0.05, 0.1) is 6.10 Å². The molecule has 0 bridgehead atoms. The lowest BCUT2D eigenvalue weighted by Crippen LogP contribution is -2.45. The molecule has 2 saturated heterocycles. The van der Waals surface area contributed by atoms with E-state index in [1.807, 2.05) is 0 Å². The summed E-state index contributed by atoms with van der Waals surface area (Å²) >= 11 is 0. The maximum atomic E-state index is 12.6. The maximum absolute atomic E-state index is 12.6. The predicted molar refractivity (Wildman–Crippen MR) is 96.2 cm³/mol. The molecule has 2 amide bonds. The van der Waals surface area contributed by atoms with Gasteiger partial charge in [-0.05, 0) is 31.4 Å². The van der Waals surface area contributed by atoms with E-state index in [1.165, 1.54) is 17.0 Å². The van der Waals surface area contributed by atoms with E-state index in [0.717, 1.165) is 12.1 Å². The second-order valence-corrected chi connectivity index (χ2v) is 6.44. The molecular formula is C17H21ClF3N3O4. The van der Waals surface area contributed by atoms with Crippen molar-refractivity contribution in [1.29, 1.82) is 0 Å². The van der Waals surface area contributed by atoms with Crippen molar-refractivity contribution in [3.8, 4) is 5.75 Å². The van der Waals surface area contributed by atoms with Crippen LogP contribution in [0, 0.1) is 0 Å². The minimum absolute atomic E-state index is 0. The number of nitrogens with zero attached hydrogens (tertiary/aromatic N) is 1. The van der Waals surface area contributed by atoms with Gasteiger partial charge in [0.2, 0.25) is 11.8 Å². The third-order valence-electron chi connectivity index (χ3n) is 4.55. The molecule has 2 aliphatic heterocycles. The molecule has 2 aliphatic rings. The highest BCUT2D eigenvalue weighted by molar-refractivity contribution is 6.01. The smallest absolute Gasteiger partial charge is 0.406 e. The van der Waals surface area contributed by atoms with Crippen molar-refractivity contribution in [1.82, 2.24) is 5.32 Å². The van der Waals surface area contributed by atoms with E-state index in [2.05, 4.69) is 10.1 Å². The summed E-state index contributed by atoms with van der Waals surface area (Å²) in [6, 6.07) is 4.43. The highest BCUT2D eigenvalue weighted by Crippen LogP contribution is 2.29. The van der Waals surface area contributed by atoms with E-state index >= 15 is 0 Å². The van der Waals surface area contributed by atoms with Crippen LogP contribution in [0.3, 0.4) is 0 Å². The van der Waals surface area contributed by atoms with Gasteiger partial charge in [-0.2, -0.15) is 0 Å². The van der Waals surface area contributed by atoms with Crippen LogP contribution in [0.4, 0.5) is 18.9 Å². The number of amides is 2. The Kier molecular flexibility index (Phi) is 7.13. The average Bonchev–Trinajstić information content (AvgIpc) is 3.21. The molecule has 3 atom stereocenters. The van der Waals surface area contributed by atoms with Crippen LogP contribution in [0.5, 0.6) is 5.75 Å². The van der Waals surface area contributed by atoms with Crippen molar-refractivity contribution < 1.29 is 32.2 Å². The van der Waals surface area contributed by atoms with Crippen LogP contribution in [0.2, 0.25) is 0 Å². The number of carbonyl (C=O) groups is 2. The molecule has 156 valence electrons. The van der Waals surface area contributed by atoms with Gasteiger partial charge in [0, 0.05) is 24.8 Å². The first-order valence-electron chi connectivity index (χ1n) is 8.60. The minimum Gasteiger partial charge on any atom is -0.406 e. The summed E-state index contributed by atoms with van der Waals surface area (Å²) in [5.41, 5.74) is 5.79. The van der Waals surface area contributed by atoms with E-state index < -0.39 is 24.3 Å². The van der Waals surface area contributed by atoms with Crippen LogP contribution < -0.4 is 20.7 Å². The number of hydrogen-bond donors (Lipinski definition) is 2. The Morgan fingerprint density at radius 1 is 1.32 bits per heavy atom. The second-order valence-electron chi connectivity index (χ2n) is 6.44. The fourth-order valence-corrected chi connectivity index (χ4v) is 3.26. The molecule has 28 heavy (non-hydrogen) atoms. The number of benzene rings is 1. The fraction of sp³-hybridized carbons (Fsp3) is 0.529. The van der Waals surface area contributed by atoms with E-state index in [-0.39, 0.29) is 42.6 Å². The Hall–Kier alpha value is -2.04. The standard InChI is InChI=1S/C17H20F3N3O4.ClH/c18-17(19,20)27-11-3-1-2-10(8-11)23-7-6-13(16(23)25)22-15(24)14-5-4-12(9-21)26-14;/h1-3,8,12-14H,4-7,9,21H2,(H,22,24);1H/t12-,13?,14+;/m1./s1. The lowest BCUT2D eigenvalue weighted by Gasteiger charge is -2.19. The van der Waals surface area contributed by atoms with Crippen LogP contribution in [-0.2, 0) is 14.3 Å². The Bertz CT molecular complexity index is 719. The summed E-state index contributed by atoms with van der Waals surface area (Å²) in [4.78, 5) is 26.2. The third kappa shape index (κ3) is 5.27. The van der Waals surface area contributed by atoms with Gasteiger partial charge in [0.25, 0.3) is 0 Å². The molecule has 1 aromatic rings. The van der Waals surface area contributed by atoms with Gasteiger partial charge in [-0.3, -0.25) is 9.59 Å². The number of carbonyl (C=O) groups excluding carboxylic acids is 2. The van der Waals surface area contributed by atoms with E-state index in [0.29, 0.717) is 25.8 Å². The van der Waals surface area contributed by atoms with Gasteiger partial charge in [0.1, 0.15) is 17.9 Å². The van der Waals surface area contributed by atoms with Gasteiger partial charge < -0.3 is 25.4 Å². The molecule has 2 heterocycles.